The summed E-state index contributed by atoms with van der Waals surface area (Å²) in [7, 11) is 0. The van der Waals surface area contributed by atoms with Gasteiger partial charge in [-0.2, -0.15) is 5.10 Å². The monoisotopic (exact) mass is 312 g/mol. The van der Waals surface area contributed by atoms with E-state index in [1.165, 1.54) is 12.1 Å². The Morgan fingerprint density at radius 3 is 2.70 bits per heavy atom. The van der Waals surface area contributed by atoms with Crippen molar-refractivity contribution in [3.05, 3.63) is 64.9 Å². The van der Waals surface area contributed by atoms with Crippen molar-refractivity contribution in [1.82, 2.24) is 19.9 Å². The summed E-state index contributed by atoms with van der Waals surface area (Å²) in [6, 6.07) is 9.81. The van der Waals surface area contributed by atoms with Crippen molar-refractivity contribution in [2.75, 3.05) is 6.54 Å². The molecule has 2 heterocycles. The maximum Gasteiger partial charge on any atom is 0.270 e. The van der Waals surface area contributed by atoms with Gasteiger partial charge in [0.2, 0.25) is 0 Å². The maximum absolute atomic E-state index is 12.8. The summed E-state index contributed by atoms with van der Waals surface area (Å²) in [5.41, 5.74) is 3.71. The number of carbonyl (C=O) groups is 1. The molecular weight excluding hydrogens is 295 g/mol. The Kier molecular flexibility index (Phi) is 4.06. The molecule has 23 heavy (non-hydrogen) atoms. The van der Waals surface area contributed by atoms with Crippen molar-refractivity contribution >= 4 is 11.6 Å². The van der Waals surface area contributed by atoms with Crippen LogP contribution in [0.5, 0.6) is 0 Å². The first kappa shape index (κ1) is 15.1. The summed E-state index contributed by atoms with van der Waals surface area (Å²) in [4.78, 5) is 16.6. The zero-order valence-electron chi connectivity index (χ0n) is 13.0. The summed E-state index contributed by atoms with van der Waals surface area (Å²) in [5, 5.41) is 7.15. The summed E-state index contributed by atoms with van der Waals surface area (Å²) in [5.74, 6) is -0.488. The van der Waals surface area contributed by atoms with Gasteiger partial charge in [0.1, 0.15) is 11.5 Å². The average Bonchev–Trinajstić information content (AvgIpc) is 2.90. The molecule has 2 aromatic heterocycles. The van der Waals surface area contributed by atoms with Crippen molar-refractivity contribution in [2.45, 2.75) is 20.3 Å². The van der Waals surface area contributed by atoms with Crippen LogP contribution in [0.25, 0.3) is 5.65 Å². The number of nitrogens with one attached hydrogen (secondary N) is 1. The minimum Gasteiger partial charge on any atom is -0.350 e. The minimum atomic E-state index is -0.262. The Morgan fingerprint density at radius 2 is 1.96 bits per heavy atom. The quantitative estimate of drug-likeness (QED) is 0.805. The normalized spacial score (nSPS) is 10.9. The highest BCUT2D eigenvalue weighted by molar-refractivity contribution is 5.92. The molecule has 0 bridgehead atoms. The Bertz CT molecular complexity index is 855. The Labute approximate surface area is 133 Å². The second-order valence-corrected chi connectivity index (χ2v) is 5.47. The summed E-state index contributed by atoms with van der Waals surface area (Å²) >= 11 is 0. The van der Waals surface area contributed by atoms with Crippen LogP contribution in [0, 0.1) is 19.7 Å². The van der Waals surface area contributed by atoms with Crippen LogP contribution in [0.15, 0.2) is 36.4 Å². The zero-order valence-corrected chi connectivity index (χ0v) is 13.0. The molecule has 0 spiro atoms. The smallest absolute Gasteiger partial charge is 0.270 e. The van der Waals surface area contributed by atoms with E-state index in [9.17, 15) is 9.18 Å². The number of hydrogen-bond donors (Lipinski definition) is 1. The standard InChI is InChI=1S/C17H17FN4O/c1-11-9-16-20-15(10-12(2)22(16)21-11)17(23)19-8-7-13-3-5-14(18)6-4-13/h3-6,9-10H,7-8H2,1-2H3,(H,19,23). The van der Waals surface area contributed by atoms with E-state index in [4.69, 9.17) is 0 Å². The molecule has 6 heteroatoms. The molecule has 0 fully saturated rings. The molecule has 3 aromatic rings. The third-order valence-corrected chi connectivity index (χ3v) is 3.57. The predicted octanol–water partition coefficient (Wildman–Crippen LogP) is 2.46. The van der Waals surface area contributed by atoms with E-state index in [0.29, 0.717) is 24.3 Å². The first-order valence-electron chi connectivity index (χ1n) is 7.39. The van der Waals surface area contributed by atoms with Gasteiger partial charge in [-0.05, 0) is 44.0 Å². The zero-order chi connectivity index (χ0) is 16.4. The molecule has 1 aromatic carbocycles. The van der Waals surface area contributed by atoms with E-state index in [1.54, 1.807) is 22.7 Å². The first-order chi connectivity index (χ1) is 11.0. The van der Waals surface area contributed by atoms with Crippen molar-refractivity contribution in [3.8, 4) is 0 Å². The highest BCUT2D eigenvalue weighted by Gasteiger charge is 2.11. The van der Waals surface area contributed by atoms with Gasteiger partial charge in [-0.3, -0.25) is 4.79 Å². The summed E-state index contributed by atoms with van der Waals surface area (Å²) < 4.78 is 14.6. The fraction of sp³-hybridized carbons (Fsp3) is 0.235. The fourth-order valence-electron chi connectivity index (χ4n) is 2.42. The second-order valence-electron chi connectivity index (χ2n) is 5.47. The SMILES string of the molecule is Cc1cc2nc(C(=O)NCCc3ccc(F)cc3)cc(C)n2n1. The van der Waals surface area contributed by atoms with Crippen LogP contribution in [-0.4, -0.2) is 27.0 Å². The lowest BCUT2D eigenvalue weighted by molar-refractivity contribution is 0.0949. The van der Waals surface area contributed by atoms with Crippen LogP contribution in [-0.2, 0) is 6.42 Å². The predicted molar refractivity (Wildman–Crippen MR) is 84.9 cm³/mol. The molecule has 0 saturated carbocycles. The molecule has 0 atom stereocenters. The number of benzene rings is 1. The number of fused-ring (bicyclic) bond motifs is 1. The molecule has 0 aliphatic rings. The van der Waals surface area contributed by atoms with E-state index in [0.717, 1.165) is 17.0 Å². The molecule has 1 amide bonds. The first-order valence-corrected chi connectivity index (χ1v) is 7.39. The van der Waals surface area contributed by atoms with Gasteiger partial charge in [0, 0.05) is 18.3 Å². The maximum atomic E-state index is 12.8. The Balaban J connectivity index is 1.67. The van der Waals surface area contributed by atoms with Crippen molar-refractivity contribution in [2.24, 2.45) is 0 Å². The summed E-state index contributed by atoms with van der Waals surface area (Å²) in [6.07, 6.45) is 0.638. The number of carbonyl (C=O) groups excluding carboxylic acids is 1. The number of rotatable bonds is 4. The molecule has 0 unspecified atom stereocenters. The number of hydrogen-bond acceptors (Lipinski definition) is 3. The summed E-state index contributed by atoms with van der Waals surface area (Å²) in [6.45, 7) is 4.24. The van der Waals surface area contributed by atoms with E-state index >= 15 is 0 Å². The molecular formula is C17H17FN4O. The third-order valence-electron chi connectivity index (χ3n) is 3.57. The fourth-order valence-corrected chi connectivity index (χ4v) is 2.42. The van der Waals surface area contributed by atoms with Crippen LogP contribution in [0.4, 0.5) is 4.39 Å². The van der Waals surface area contributed by atoms with Crippen LogP contribution < -0.4 is 5.32 Å². The van der Waals surface area contributed by atoms with Crippen molar-refractivity contribution in [1.29, 1.82) is 0 Å². The lowest BCUT2D eigenvalue weighted by Gasteiger charge is -2.07. The van der Waals surface area contributed by atoms with E-state index < -0.39 is 0 Å². The third kappa shape index (κ3) is 3.36. The topological polar surface area (TPSA) is 59.3 Å². The van der Waals surface area contributed by atoms with Crippen molar-refractivity contribution < 1.29 is 9.18 Å². The van der Waals surface area contributed by atoms with Crippen LogP contribution in [0.1, 0.15) is 27.4 Å². The van der Waals surface area contributed by atoms with Gasteiger partial charge >= 0.3 is 0 Å². The number of aromatic nitrogens is 3. The van der Waals surface area contributed by atoms with Crippen molar-refractivity contribution in [3.63, 3.8) is 0 Å². The average molecular weight is 312 g/mol. The lowest BCUT2D eigenvalue weighted by atomic mass is 10.1. The minimum absolute atomic E-state index is 0.225. The molecule has 1 N–H and O–H groups in total. The molecule has 0 aliphatic heterocycles. The van der Waals surface area contributed by atoms with Gasteiger partial charge < -0.3 is 5.32 Å². The van der Waals surface area contributed by atoms with Gasteiger partial charge in [0.15, 0.2) is 5.65 Å². The molecule has 3 rings (SSSR count). The highest BCUT2D eigenvalue weighted by atomic mass is 19.1. The van der Waals surface area contributed by atoms with Crippen LogP contribution >= 0.6 is 0 Å². The van der Waals surface area contributed by atoms with E-state index in [2.05, 4.69) is 15.4 Å². The number of aryl methyl sites for hydroxylation is 2. The molecule has 0 radical (unpaired) electrons. The number of halogens is 1. The van der Waals surface area contributed by atoms with Gasteiger partial charge in [-0.25, -0.2) is 13.9 Å². The molecule has 0 aliphatic carbocycles. The van der Waals surface area contributed by atoms with Gasteiger partial charge in [-0.15, -0.1) is 0 Å². The van der Waals surface area contributed by atoms with Crippen LogP contribution in [0.3, 0.4) is 0 Å². The molecule has 5 nitrogen and oxygen atoms in total. The van der Waals surface area contributed by atoms with E-state index in [1.807, 2.05) is 19.9 Å². The van der Waals surface area contributed by atoms with Gasteiger partial charge in [-0.1, -0.05) is 12.1 Å². The molecule has 0 saturated heterocycles. The Hall–Kier alpha value is -2.76. The largest absolute Gasteiger partial charge is 0.350 e. The van der Waals surface area contributed by atoms with Gasteiger partial charge in [0.25, 0.3) is 5.91 Å². The van der Waals surface area contributed by atoms with E-state index in [-0.39, 0.29) is 11.7 Å². The lowest BCUT2D eigenvalue weighted by Crippen LogP contribution is -2.27. The second kappa shape index (κ2) is 6.16. The number of amides is 1. The van der Waals surface area contributed by atoms with Gasteiger partial charge in [0.05, 0.1) is 5.69 Å². The molecule has 118 valence electrons. The van der Waals surface area contributed by atoms with Crippen LogP contribution in [0.2, 0.25) is 0 Å². The highest BCUT2D eigenvalue weighted by Crippen LogP contribution is 2.09. The number of nitrogens with zero attached hydrogens (tertiary/aromatic N) is 3. The Morgan fingerprint density at radius 1 is 1.22 bits per heavy atom.